The van der Waals surface area contributed by atoms with Crippen molar-refractivity contribution in [1.29, 1.82) is 0 Å². The lowest BCUT2D eigenvalue weighted by Gasteiger charge is -2.19. The summed E-state index contributed by atoms with van der Waals surface area (Å²) in [5, 5.41) is 5.92. The van der Waals surface area contributed by atoms with E-state index in [1.807, 2.05) is 49.5 Å². The summed E-state index contributed by atoms with van der Waals surface area (Å²) in [4.78, 5) is 22.2. The predicted molar refractivity (Wildman–Crippen MR) is 111 cm³/mol. The first kappa shape index (κ1) is 17.9. The molecule has 1 saturated heterocycles. The molecule has 2 aromatic carbocycles. The first-order valence-corrected chi connectivity index (χ1v) is 9.90. The van der Waals surface area contributed by atoms with E-state index < -0.39 is 0 Å². The summed E-state index contributed by atoms with van der Waals surface area (Å²) in [7, 11) is 0. The lowest BCUT2D eigenvalue weighted by Crippen LogP contribution is -2.25. The first-order chi connectivity index (χ1) is 14.1. The molecule has 0 aliphatic carbocycles. The Morgan fingerprint density at radius 3 is 3.03 bits per heavy atom. The van der Waals surface area contributed by atoms with Gasteiger partial charge in [-0.05, 0) is 36.2 Å². The van der Waals surface area contributed by atoms with Gasteiger partial charge in [0.2, 0.25) is 11.8 Å². The molecule has 1 amide bonds. The van der Waals surface area contributed by atoms with Gasteiger partial charge in [-0.1, -0.05) is 41.0 Å². The van der Waals surface area contributed by atoms with Gasteiger partial charge < -0.3 is 14.4 Å². The molecule has 0 radical (unpaired) electrons. The second kappa shape index (κ2) is 7.04. The first-order valence-electron chi connectivity index (χ1n) is 9.52. The van der Waals surface area contributed by atoms with Crippen LogP contribution in [-0.4, -0.2) is 27.6 Å². The summed E-state index contributed by atoms with van der Waals surface area (Å²) < 4.78 is 5.49. The van der Waals surface area contributed by atoms with E-state index >= 15 is 0 Å². The number of fused-ring (bicyclic) bond motifs is 1. The van der Waals surface area contributed by atoms with Gasteiger partial charge >= 0.3 is 0 Å². The third kappa shape index (κ3) is 3.29. The van der Waals surface area contributed by atoms with Crippen LogP contribution in [0, 0.1) is 6.92 Å². The van der Waals surface area contributed by atoms with Crippen LogP contribution >= 0.6 is 11.6 Å². The molecule has 3 heterocycles. The van der Waals surface area contributed by atoms with Gasteiger partial charge in [-0.3, -0.25) is 4.79 Å². The molecule has 1 fully saturated rings. The Kier molecular flexibility index (Phi) is 4.36. The van der Waals surface area contributed by atoms with Crippen LogP contribution in [0.15, 0.2) is 53.2 Å². The van der Waals surface area contributed by atoms with Gasteiger partial charge in [-0.15, -0.1) is 0 Å². The monoisotopic (exact) mass is 406 g/mol. The summed E-state index contributed by atoms with van der Waals surface area (Å²) in [6, 6.07) is 13.7. The lowest BCUT2D eigenvalue weighted by molar-refractivity contribution is -0.117. The van der Waals surface area contributed by atoms with Gasteiger partial charge in [0.25, 0.3) is 0 Å². The number of nitrogens with one attached hydrogen (secondary N) is 1. The van der Waals surface area contributed by atoms with E-state index in [9.17, 15) is 4.79 Å². The van der Waals surface area contributed by atoms with Crippen LogP contribution in [0.1, 0.15) is 35.2 Å². The number of hydrogen-bond donors (Lipinski definition) is 1. The Labute approximate surface area is 172 Å². The van der Waals surface area contributed by atoms with Crippen molar-refractivity contribution in [3.05, 3.63) is 76.5 Å². The number of halogens is 1. The molecular weight excluding hydrogens is 388 g/mol. The highest BCUT2D eigenvalue weighted by molar-refractivity contribution is 6.31. The average Bonchev–Trinajstić information content (AvgIpc) is 3.43. The second-order valence-electron chi connectivity index (χ2n) is 7.42. The summed E-state index contributed by atoms with van der Waals surface area (Å²) in [5.41, 5.74) is 4.04. The number of amides is 1. The number of aromatic nitrogens is 3. The van der Waals surface area contributed by atoms with Crippen molar-refractivity contribution >= 4 is 34.1 Å². The van der Waals surface area contributed by atoms with Crippen LogP contribution in [0.5, 0.6) is 0 Å². The van der Waals surface area contributed by atoms with Crippen LogP contribution in [0.3, 0.4) is 0 Å². The Morgan fingerprint density at radius 2 is 2.14 bits per heavy atom. The molecule has 0 bridgehead atoms. The van der Waals surface area contributed by atoms with Crippen molar-refractivity contribution in [3.8, 4) is 0 Å². The Bertz CT molecular complexity index is 1210. The molecule has 1 atom stereocenters. The van der Waals surface area contributed by atoms with Crippen LogP contribution < -0.4 is 4.90 Å². The molecule has 7 heteroatoms. The van der Waals surface area contributed by atoms with Crippen molar-refractivity contribution in [2.24, 2.45) is 0 Å². The molecule has 29 heavy (non-hydrogen) atoms. The minimum absolute atomic E-state index is 0.0448. The zero-order valence-corrected chi connectivity index (χ0v) is 16.6. The summed E-state index contributed by atoms with van der Waals surface area (Å²) in [5.74, 6) is 1.08. The fourth-order valence-corrected chi connectivity index (χ4v) is 4.10. The summed E-state index contributed by atoms with van der Waals surface area (Å²) in [6.45, 7) is 2.49. The van der Waals surface area contributed by atoms with Crippen molar-refractivity contribution < 1.29 is 9.32 Å². The number of carbonyl (C=O) groups excluding carboxylic acids is 1. The number of rotatable bonds is 4. The number of nitrogens with zero attached hydrogens (tertiary/aromatic N) is 3. The highest BCUT2D eigenvalue weighted by Crippen LogP contribution is 2.33. The number of carbonyl (C=O) groups is 1. The number of anilines is 1. The van der Waals surface area contributed by atoms with Gasteiger partial charge in [0.05, 0.1) is 6.42 Å². The lowest BCUT2D eigenvalue weighted by atomic mass is 10.1. The standard InChI is InChI=1S/C22H19ClN4O2/c1-13-6-7-16(23)10-19(13)27-12-15(9-21(27)28)22-25-20(29-26-22)8-14-11-24-18-5-3-2-4-17(14)18/h2-7,10-11,15,24H,8-9,12H2,1H3. The van der Waals surface area contributed by atoms with E-state index in [2.05, 4.69) is 21.2 Å². The zero-order valence-electron chi connectivity index (χ0n) is 15.9. The van der Waals surface area contributed by atoms with Crippen LogP contribution in [0.25, 0.3) is 10.9 Å². The van der Waals surface area contributed by atoms with Gasteiger partial charge in [0.1, 0.15) is 0 Å². The van der Waals surface area contributed by atoms with E-state index in [1.54, 1.807) is 4.90 Å². The molecule has 1 unspecified atom stereocenters. The Hall–Kier alpha value is -3.12. The van der Waals surface area contributed by atoms with Crippen molar-refractivity contribution in [2.75, 3.05) is 11.4 Å². The summed E-state index contributed by atoms with van der Waals surface area (Å²) in [6.07, 6.45) is 2.88. The number of hydrogen-bond acceptors (Lipinski definition) is 4. The quantitative estimate of drug-likeness (QED) is 0.536. The van der Waals surface area contributed by atoms with Gasteiger partial charge in [0.15, 0.2) is 5.82 Å². The number of H-pyrrole nitrogens is 1. The van der Waals surface area contributed by atoms with Gasteiger partial charge in [-0.25, -0.2) is 0 Å². The molecule has 1 aliphatic rings. The average molecular weight is 407 g/mol. The van der Waals surface area contributed by atoms with E-state index in [1.165, 1.54) is 0 Å². The van der Waals surface area contributed by atoms with Crippen molar-refractivity contribution in [3.63, 3.8) is 0 Å². The Morgan fingerprint density at radius 1 is 1.28 bits per heavy atom. The maximum atomic E-state index is 12.6. The normalized spacial score (nSPS) is 16.8. The minimum atomic E-state index is -0.0960. The molecule has 0 saturated carbocycles. The third-order valence-electron chi connectivity index (χ3n) is 5.45. The minimum Gasteiger partial charge on any atom is -0.361 e. The maximum absolute atomic E-state index is 12.6. The molecule has 6 nitrogen and oxygen atoms in total. The maximum Gasteiger partial charge on any atom is 0.231 e. The number of aromatic amines is 1. The fraction of sp³-hybridized carbons (Fsp3) is 0.227. The largest absolute Gasteiger partial charge is 0.361 e. The molecule has 4 aromatic rings. The van der Waals surface area contributed by atoms with Crippen LogP contribution in [0.2, 0.25) is 5.02 Å². The SMILES string of the molecule is Cc1ccc(Cl)cc1N1CC(c2noc(Cc3c[nH]c4ccccc34)n2)CC1=O. The van der Waals surface area contributed by atoms with E-state index in [-0.39, 0.29) is 11.8 Å². The highest BCUT2D eigenvalue weighted by atomic mass is 35.5. The number of para-hydroxylation sites is 1. The van der Waals surface area contributed by atoms with Crippen LogP contribution in [-0.2, 0) is 11.2 Å². The third-order valence-corrected chi connectivity index (χ3v) is 5.69. The molecule has 0 spiro atoms. The smallest absolute Gasteiger partial charge is 0.231 e. The molecule has 146 valence electrons. The molecule has 1 aliphatic heterocycles. The molecule has 2 aromatic heterocycles. The van der Waals surface area contributed by atoms with E-state index in [0.29, 0.717) is 36.1 Å². The van der Waals surface area contributed by atoms with Crippen molar-refractivity contribution in [1.82, 2.24) is 15.1 Å². The topological polar surface area (TPSA) is 75.0 Å². The molecule has 1 N–H and O–H groups in total. The van der Waals surface area contributed by atoms with Gasteiger partial charge in [-0.2, -0.15) is 4.98 Å². The molecular formula is C22H19ClN4O2. The second-order valence-corrected chi connectivity index (χ2v) is 7.86. The fourth-order valence-electron chi connectivity index (χ4n) is 3.93. The van der Waals surface area contributed by atoms with E-state index in [0.717, 1.165) is 27.7 Å². The van der Waals surface area contributed by atoms with Crippen LogP contribution in [0.4, 0.5) is 5.69 Å². The predicted octanol–water partition coefficient (Wildman–Crippen LogP) is 4.62. The van der Waals surface area contributed by atoms with Gasteiger partial charge in [0, 0.05) is 46.7 Å². The number of aryl methyl sites for hydroxylation is 1. The summed E-state index contributed by atoms with van der Waals surface area (Å²) >= 11 is 6.13. The highest BCUT2D eigenvalue weighted by Gasteiger charge is 2.35. The number of benzene rings is 2. The Balaban J connectivity index is 1.36. The molecule has 5 rings (SSSR count). The van der Waals surface area contributed by atoms with Crippen molar-refractivity contribution in [2.45, 2.75) is 25.7 Å². The van der Waals surface area contributed by atoms with E-state index in [4.69, 9.17) is 16.1 Å². The zero-order chi connectivity index (χ0) is 20.0.